The predicted octanol–water partition coefficient (Wildman–Crippen LogP) is -0.215. The molecule has 1 unspecified atom stereocenters. The summed E-state index contributed by atoms with van der Waals surface area (Å²) in [6.07, 6.45) is 3.83. The first-order valence-electron chi connectivity index (χ1n) is 6.35. The van der Waals surface area contributed by atoms with Crippen LogP contribution >= 0.6 is 0 Å². The molecular formula is C11H20N4O3S. The molecule has 2 heterocycles. The molecule has 3 N–H and O–H groups in total. The first-order valence-corrected chi connectivity index (χ1v) is 7.79. The summed E-state index contributed by atoms with van der Waals surface area (Å²) in [5.41, 5.74) is 5.65. The van der Waals surface area contributed by atoms with Gasteiger partial charge in [0.1, 0.15) is 4.90 Å². The van der Waals surface area contributed by atoms with Gasteiger partial charge < -0.3 is 10.8 Å². The van der Waals surface area contributed by atoms with Crippen LogP contribution in [0.5, 0.6) is 0 Å². The van der Waals surface area contributed by atoms with E-state index in [4.69, 9.17) is 10.8 Å². The zero-order valence-corrected chi connectivity index (χ0v) is 11.8. The Kier molecular flexibility index (Phi) is 4.12. The van der Waals surface area contributed by atoms with Crippen LogP contribution in [0.15, 0.2) is 11.1 Å². The van der Waals surface area contributed by atoms with Crippen LogP contribution in [0, 0.1) is 5.92 Å². The molecule has 7 nitrogen and oxygen atoms in total. The quantitative estimate of drug-likeness (QED) is 0.798. The SMILES string of the molecule is Cn1cc(S(=O)(=O)N2CCCC(CCO)C2)c(N)n1. The van der Waals surface area contributed by atoms with Crippen molar-refractivity contribution in [1.82, 2.24) is 14.1 Å². The van der Waals surface area contributed by atoms with E-state index in [1.807, 2.05) is 0 Å². The van der Waals surface area contributed by atoms with Crippen molar-refractivity contribution in [3.63, 3.8) is 0 Å². The molecule has 1 aromatic rings. The molecule has 1 aliphatic heterocycles. The summed E-state index contributed by atoms with van der Waals surface area (Å²) in [5.74, 6) is 0.248. The Hall–Kier alpha value is -1.12. The van der Waals surface area contributed by atoms with Gasteiger partial charge in [-0.15, -0.1) is 0 Å². The van der Waals surface area contributed by atoms with Gasteiger partial charge in [-0.3, -0.25) is 4.68 Å². The molecule has 0 spiro atoms. The Labute approximate surface area is 113 Å². The monoisotopic (exact) mass is 288 g/mol. The summed E-state index contributed by atoms with van der Waals surface area (Å²) in [5, 5.41) is 12.8. The van der Waals surface area contributed by atoms with Crippen LogP contribution in [0.2, 0.25) is 0 Å². The number of nitrogens with zero attached hydrogens (tertiary/aromatic N) is 3. The molecule has 8 heteroatoms. The van der Waals surface area contributed by atoms with Crippen molar-refractivity contribution in [2.24, 2.45) is 13.0 Å². The first-order chi connectivity index (χ1) is 8.95. The van der Waals surface area contributed by atoms with E-state index in [9.17, 15) is 8.42 Å². The second-order valence-electron chi connectivity index (χ2n) is 4.94. The van der Waals surface area contributed by atoms with Crippen molar-refractivity contribution in [3.8, 4) is 0 Å². The molecule has 0 amide bonds. The molecule has 0 aliphatic carbocycles. The maximum Gasteiger partial charge on any atom is 0.248 e. The predicted molar refractivity (Wildman–Crippen MR) is 70.8 cm³/mol. The Bertz CT molecular complexity index is 538. The van der Waals surface area contributed by atoms with E-state index < -0.39 is 10.0 Å². The zero-order chi connectivity index (χ0) is 14.0. The largest absolute Gasteiger partial charge is 0.396 e. The molecule has 1 saturated heterocycles. The van der Waals surface area contributed by atoms with Crippen LogP contribution in [0.4, 0.5) is 5.82 Å². The number of aryl methyl sites for hydroxylation is 1. The molecule has 2 rings (SSSR count). The molecule has 0 aromatic carbocycles. The van der Waals surface area contributed by atoms with E-state index in [2.05, 4.69) is 5.10 Å². The van der Waals surface area contributed by atoms with Gasteiger partial charge in [-0.1, -0.05) is 0 Å². The topological polar surface area (TPSA) is 101 Å². The van der Waals surface area contributed by atoms with Gasteiger partial charge in [-0.25, -0.2) is 8.42 Å². The normalized spacial score (nSPS) is 21.7. The van der Waals surface area contributed by atoms with E-state index in [1.54, 1.807) is 7.05 Å². The Balaban J connectivity index is 2.22. The lowest BCUT2D eigenvalue weighted by Crippen LogP contribution is -2.40. The standard InChI is InChI=1S/C11H20N4O3S/c1-14-8-10(11(12)13-14)19(17,18)15-5-2-3-9(7-15)4-6-16/h8-9,16H,2-7H2,1H3,(H2,12,13). The number of hydrogen-bond acceptors (Lipinski definition) is 5. The highest BCUT2D eigenvalue weighted by atomic mass is 32.2. The lowest BCUT2D eigenvalue weighted by atomic mass is 9.97. The minimum atomic E-state index is -3.58. The molecule has 1 aromatic heterocycles. The molecule has 1 aliphatic rings. The number of aromatic nitrogens is 2. The summed E-state index contributed by atoms with van der Waals surface area (Å²) >= 11 is 0. The van der Waals surface area contributed by atoms with Crippen LogP contribution in [-0.4, -0.2) is 47.3 Å². The van der Waals surface area contributed by atoms with Crippen molar-refractivity contribution in [2.75, 3.05) is 25.4 Å². The van der Waals surface area contributed by atoms with Gasteiger partial charge in [0, 0.05) is 32.9 Å². The molecule has 1 fully saturated rings. The molecule has 0 saturated carbocycles. The second kappa shape index (κ2) is 5.48. The van der Waals surface area contributed by atoms with E-state index in [-0.39, 0.29) is 23.2 Å². The van der Waals surface area contributed by atoms with E-state index in [1.165, 1.54) is 15.2 Å². The minimum absolute atomic E-state index is 0.0341. The summed E-state index contributed by atoms with van der Waals surface area (Å²) in [6.45, 7) is 1.03. The van der Waals surface area contributed by atoms with Crippen molar-refractivity contribution >= 4 is 15.8 Å². The molecular weight excluding hydrogens is 268 g/mol. The summed E-state index contributed by atoms with van der Waals surface area (Å²) in [6, 6.07) is 0. The van der Waals surface area contributed by atoms with Gasteiger partial charge in [0.15, 0.2) is 5.82 Å². The zero-order valence-electron chi connectivity index (χ0n) is 11.0. The highest BCUT2D eigenvalue weighted by molar-refractivity contribution is 7.89. The number of anilines is 1. The van der Waals surface area contributed by atoms with Crippen LogP contribution in [0.25, 0.3) is 0 Å². The number of aliphatic hydroxyl groups excluding tert-OH is 1. The minimum Gasteiger partial charge on any atom is -0.396 e. The summed E-state index contributed by atoms with van der Waals surface area (Å²) in [7, 11) is -1.94. The van der Waals surface area contributed by atoms with Crippen molar-refractivity contribution < 1.29 is 13.5 Å². The highest BCUT2D eigenvalue weighted by Crippen LogP contribution is 2.27. The van der Waals surface area contributed by atoms with Gasteiger partial charge in [-0.05, 0) is 25.2 Å². The number of aliphatic hydroxyl groups is 1. The lowest BCUT2D eigenvalue weighted by Gasteiger charge is -2.31. The Morgan fingerprint density at radius 1 is 1.58 bits per heavy atom. The van der Waals surface area contributed by atoms with E-state index in [0.29, 0.717) is 19.5 Å². The van der Waals surface area contributed by atoms with E-state index in [0.717, 1.165) is 12.8 Å². The van der Waals surface area contributed by atoms with Crippen LogP contribution in [0.1, 0.15) is 19.3 Å². The van der Waals surface area contributed by atoms with Gasteiger partial charge >= 0.3 is 0 Å². The lowest BCUT2D eigenvalue weighted by molar-refractivity contribution is 0.203. The highest BCUT2D eigenvalue weighted by Gasteiger charge is 2.32. The van der Waals surface area contributed by atoms with Gasteiger partial charge in [0.2, 0.25) is 10.0 Å². The van der Waals surface area contributed by atoms with Crippen molar-refractivity contribution in [1.29, 1.82) is 0 Å². The van der Waals surface area contributed by atoms with E-state index >= 15 is 0 Å². The Morgan fingerprint density at radius 2 is 2.32 bits per heavy atom. The fourth-order valence-electron chi connectivity index (χ4n) is 2.49. The van der Waals surface area contributed by atoms with Crippen LogP contribution in [0.3, 0.4) is 0 Å². The molecule has 0 bridgehead atoms. The first kappa shape index (κ1) is 14.3. The number of hydrogen-bond donors (Lipinski definition) is 2. The van der Waals surface area contributed by atoms with Crippen LogP contribution < -0.4 is 5.73 Å². The average Bonchev–Trinajstić information content (AvgIpc) is 2.70. The van der Waals surface area contributed by atoms with Crippen LogP contribution in [-0.2, 0) is 17.1 Å². The fraction of sp³-hybridized carbons (Fsp3) is 0.727. The number of nitrogen functional groups attached to an aromatic ring is 1. The number of rotatable bonds is 4. The maximum absolute atomic E-state index is 12.5. The molecule has 108 valence electrons. The average molecular weight is 288 g/mol. The van der Waals surface area contributed by atoms with Crippen molar-refractivity contribution in [2.45, 2.75) is 24.2 Å². The number of piperidine rings is 1. The molecule has 19 heavy (non-hydrogen) atoms. The molecule has 0 radical (unpaired) electrons. The molecule has 1 atom stereocenters. The fourth-order valence-corrected chi connectivity index (χ4v) is 4.13. The second-order valence-corrected chi connectivity index (χ2v) is 6.84. The van der Waals surface area contributed by atoms with Gasteiger partial charge in [0.25, 0.3) is 0 Å². The van der Waals surface area contributed by atoms with Crippen molar-refractivity contribution in [3.05, 3.63) is 6.20 Å². The third-order valence-corrected chi connectivity index (χ3v) is 5.34. The number of sulfonamides is 1. The Morgan fingerprint density at radius 3 is 2.89 bits per heavy atom. The third-order valence-electron chi connectivity index (χ3n) is 3.46. The third kappa shape index (κ3) is 2.90. The summed E-state index contributed by atoms with van der Waals surface area (Å²) in [4.78, 5) is 0.0691. The van der Waals surface area contributed by atoms with Gasteiger partial charge in [0.05, 0.1) is 0 Å². The summed E-state index contributed by atoms with van der Waals surface area (Å²) < 4.78 is 27.9. The maximum atomic E-state index is 12.5. The smallest absolute Gasteiger partial charge is 0.248 e. The number of nitrogens with two attached hydrogens (primary N) is 1. The van der Waals surface area contributed by atoms with Gasteiger partial charge in [-0.2, -0.15) is 9.40 Å².